The first-order valence-corrected chi connectivity index (χ1v) is 7.44. The molecule has 0 spiro atoms. The average Bonchev–Trinajstić information content (AvgIpc) is 2.59. The molecule has 128 valence electrons. The Morgan fingerprint density at radius 3 is 2.64 bits per heavy atom. The first-order valence-electron chi connectivity index (χ1n) is 7.44. The molecular weight excluding hydrogens is 324 g/mol. The topological polar surface area (TPSA) is 108 Å². The van der Waals surface area contributed by atoms with E-state index in [-0.39, 0.29) is 22.8 Å². The van der Waals surface area contributed by atoms with Crippen LogP contribution in [0.4, 0.5) is 0 Å². The average molecular weight is 340 g/mol. The standard InChI is InChI=1S/C18H16N2O5/c1-9-6-14-16(18(21)24-9)15(12(8-19)17(20)25-14)11-7-10(22-2)4-5-13(11)23-3/h4-7,15H,20H2,1-3H3/t15-/m1/s1. The molecule has 0 radical (unpaired) electrons. The lowest BCUT2D eigenvalue weighted by Gasteiger charge is -2.26. The molecule has 1 aromatic heterocycles. The fraction of sp³-hybridized carbons (Fsp3) is 0.222. The Bertz CT molecular complexity index is 968. The Morgan fingerprint density at radius 2 is 2.00 bits per heavy atom. The number of nitrogens with zero attached hydrogens (tertiary/aromatic N) is 1. The van der Waals surface area contributed by atoms with Gasteiger partial charge in [0.2, 0.25) is 5.88 Å². The van der Waals surface area contributed by atoms with E-state index in [0.29, 0.717) is 22.8 Å². The van der Waals surface area contributed by atoms with Crippen LogP contribution in [-0.4, -0.2) is 14.2 Å². The summed E-state index contributed by atoms with van der Waals surface area (Å²) in [4.78, 5) is 12.5. The summed E-state index contributed by atoms with van der Waals surface area (Å²) >= 11 is 0. The Hall–Kier alpha value is -3.40. The van der Waals surface area contributed by atoms with E-state index in [0.717, 1.165) is 0 Å². The molecule has 0 saturated carbocycles. The Balaban J connectivity index is 2.35. The van der Waals surface area contributed by atoms with E-state index >= 15 is 0 Å². The number of nitriles is 1. The van der Waals surface area contributed by atoms with Gasteiger partial charge in [0.05, 0.1) is 25.7 Å². The SMILES string of the molecule is COc1ccc(OC)c([C@@H]2C(C#N)=C(N)Oc3cc(C)oc(=O)c32)c1. The van der Waals surface area contributed by atoms with Gasteiger partial charge < -0.3 is 24.4 Å². The third kappa shape index (κ3) is 2.68. The third-order valence-electron chi connectivity index (χ3n) is 4.00. The van der Waals surface area contributed by atoms with Gasteiger partial charge in [-0.3, -0.25) is 0 Å². The quantitative estimate of drug-likeness (QED) is 0.912. The van der Waals surface area contributed by atoms with Crippen LogP contribution in [0.1, 0.15) is 22.8 Å². The maximum Gasteiger partial charge on any atom is 0.343 e. The van der Waals surface area contributed by atoms with Gasteiger partial charge in [0.25, 0.3) is 0 Å². The highest BCUT2D eigenvalue weighted by atomic mass is 16.5. The molecule has 0 bridgehead atoms. The van der Waals surface area contributed by atoms with Crippen LogP contribution in [0.5, 0.6) is 17.2 Å². The number of hydrogen-bond acceptors (Lipinski definition) is 7. The molecule has 0 amide bonds. The van der Waals surface area contributed by atoms with Crippen LogP contribution in [0.25, 0.3) is 0 Å². The molecule has 1 atom stereocenters. The minimum atomic E-state index is -0.782. The van der Waals surface area contributed by atoms with Crippen molar-refractivity contribution in [2.45, 2.75) is 12.8 Å². The largest absolute Gasteiger partial charge is 0.497 e. The fourth-order valence-corrected chi connectivity index (χ4v) is 2.89. The lowest BCUT2D eigenvalue weighted by molar-refractivity contribution is 0.366. The van der Waals surface area contributed by atoms with Gasteiger partial charge in [-0.05, 0) is 25.1 Å². The smallest absolute Gasteiger partial charge is 0.343 e. The highest BCUT2D eigenvalue weighted by Gasteiger charge is 2.36. The molecule has 2 aromatic rings. The molecule has 25 heavy (non-hydrogen) atoms. The van der Waals surface area contributed by atoms with Gasteiger partial charge in [0.15, 0.2) is 0 Å². The predicted octanol–water partition coefficient (Wildman–Crippen LogP) is 2.18. The molecule has 1 aromatic carbocycles. The van der Waals surface area contributed by atoms with E-state index in [1.54, 1.807) is 31.2 Å². The summed E-state index contributed by atoms with van der Waals surface area (Å²) in [6, 6.07) is 8.71. The van der Waals surface area contributed by atoms with Crippen molar-refractivity contribution in [2.75, 3.05) is 14.2 Å². The number of hydrogen-bond donors (Lipinski definition) is 1. The lowest BCUT2D eigenvalue weighted by atomic mass is 9.83. The van der Waals surface area contributed by atoms with E-state index in [1.165, 1.54) is 14.2 Å². The highest BCUT2D eigenvalue weighted by molar-refractivity contribution is 5.58. The normalized spacial score (nSPS) is 15.8. The maximum atomic E-state index is 12.5. The van der Waals surface area contributed by atoms with Crippen LogP contribution in [0.15, 0.2) is 44.9 Å². The highest BCUT2D eigenvalue weighted by Crippen LogP contribution is 2.44. The summed E-state index contributed by atoms with van der Waals surface area (Å²) in [6.07, 6.45) is 0. The monoisotopic (exact) mass is 340 g/mol. The Kier molecular flexibility index (Phi) is 4.11. The molecule has 1 aliphatic heterocycles. The number of aryl methyl sites for hydroxylation is 1. The van der Waals surface area contributed by atoms with E-state index in [2.05, 4.69) is 0 Å². The molecule has 0 saturated heterocycles. The van der Waals surface area contributed by atoms with Gasteiger partial charge in [-0.1, -0.05) is 0 Å². The van der Waals surface area contributed by atoms with Crippen LogP contribution in [0, 0.1) is 18.3 Å². The fourth-order valence-electron chi connectivity index (χ4n) is 2.89. The van der Waals surface area contributed by atoms with Gasteiger partial charge in [-0.2, -0.15) is 5.26 Å². The van der Waals surface area contributed by atoms with Gasteiger partial charge in [0.1, 0.15) is 34.7 Å². The number of fused-ring (bicyclic) bond motifs is 1. The van der Waals surface area contributed by atoms with Crippen molar-refractivity contribution in [1.82, 2.24) is 0 Å². The van der Waals surface area contributed by atoms with Gasteiger partial charge in [-0.25, -0.2) is 4.79 Å². The number of rotatable bonds is 3. The molecule has 2 N–H and O–H groups in total. The number of methoxy groups -OCH3 is 2. The molecule has 7 heteroatoms. The van der Waals surface area contributed by atoms with Crippen molar-refractivity contribution < 1.29 is 18.6 Å². The zero-order valence-corrected chi connectivity index (χ0v) is 14.0. The lowest BCUT2D eigenvalue weighted by Crippen LogP contribution is -2.26. The molecule has 0 aliphatic carbocycles. The molecule has 3 rings (SSSR count). The molecular formula is C18H16N2O5. The van der Waals surface area contributed by atoms with Crippen molar-refractivity contribution in [3.05, 3.63) is 63.0 Å². The molecule has 2 heterocycles. The third-order valence-corrected chi connectivity index (χ3v) is 4.00. The second-order valence-corrected chi connectivity index (χ2v) is 5.46. The predicted molar refractivity (Wildman–Crippen MR) is 88.6 cm³/mol. The zero-order valence-electron chi connectivity index (χ0n) is 14.0. The van der Waals surface area contributed by atoms with Crippen LogP contribution >= 0.6 is 0 Å². The number of nitrogens with two attached hydrogens (primary N) is 1. The maximum absolute atomic E-state index is 12.5. The minimum Gasteiger partial charge on any atom is -0.497 e. The first kappa shape index (κ1) is 16.5. The Morgan fingerprint density at radius 1 is 1.24 bits per heavy atom. The second kappa shape index (κ2) is 6.24. The van der Waals surface area contributed by atoms with Crippen molar-refractivity contribution in [3.63, 3.8) is 0 Å². The summed E-state index contributed by atoms with van der Waals surface area (Å²) in [5.41, 5.74) is 6.19. The van der Waals surface area contributed by atoms with E-state index in [4.69, 9.17) is 24.4 Å². The summed E-state index contributed by atoms with van der Waals surface area (Å²) in [7, 11) is 3.03. The first-order chi connectivity index (χ1) is 12.0. The number of benzene rings is 1. The molecule has 7 nitrogen and oxygen atoms in total. The van der Waals surface area contributed by atoms with E-state index in [1.807, 2.05) is 6.07 Å². The summed E-state index contributed by atoms with van der Waals surface area (Å²) in [5, 5.41) is 9.58. The van der Waals surface area contributed by atoms with Crippen LogP contribution in [0.2, 0.25) is 0 Å². The van der Waals surface area contributed by atoms with Crippen LogP contribution in [-0.2, 0) is 0 Å². The summed E-state index contributed by atoms with van der Waals surface area (Å²) < 4.78 is 21.3. The minimum absolute atomic E-state index is 0.0603. The van der Waals surface area contributed by atoms with Crippen molar-refractivity contribution in [1.29, 1.82) is 5.26 Å². The van der Waals surface area contributed by atoms with Crippen molar-refractivity contribution in [2.24, 2.45) is 5.73 Å². The number of ether oxygens (including phenoxy) is 3. The Labute approximate surface area is 143 Å². The van der Waals surface area contributed by atoms with E-state index < -0.39 is 11.5 Å². The molecule has 1 aliphatic rings. The van der Waals surface area contributed by atoms with Crippen LogP contribution < -0.4 is 25.6 Å². The molecule has 0 fully saturated rings. The van der Waals surface area contributed by atoms with Crippen molar-refractivity contribution >= 4 is 0 Å². The zero-order chi connectivity index (χ0) is 18.1. The number of allylic oxidation sites excluding steroid dienone is 1. The van der Waals surface area contributed by atoms with Crippen molar-refractivity contribution in [3.8, 4) is 23.3 Å². The second-order valence-electron chi connectivity index (χ2n) is 5.46. The van der Waals surface area contributed by atoms with Gasteiger partial charge in [-0.15, -0.1) is 0 Å². The summed E-state index contributed by atoms with van der Waals surface area (Å²) in [5.74, 6) is 0.842. The van der Waals surface area contributed by atoms with Crippen LogP contribution in [0.3, 0.4) is 0 Å². The molecule has 0 unspecified atom stereocenters. The summed E-state index contributed by atoms with van der Waals surface area (Å²) in [6.45, 7) is 1.63. The van der Waals surface area contributed by atoms with E-state index in [9.17, 15) is 10.1 Å². The van der Waals surface area contributed by atoms with Gasteiger partial charge in [0, 0.05) is 11.6 Å². The van der Waals surface area contributed by atoms with Gasteiger partial charge >= 0.3 is 5.63 Å².